The van der Waals surface area contributed by atoms with Crippen LogP contribution in [0.1, 0.15) is 30.0 Å². The molecular weight excluding hydrogens is 464 g/mol. The molecule has 7 nitrogen and oxygen atoms in total. The molecule has 176 valence electrons. The van der Waals surface area contributed by atoms with Gasteiger partial charge in [-0.3, -0.25) is 4.90 Å². The molecule has 0 radical (unpaired) electrons. The van der Waals surface area contributed by atoms with Crippen molar-refractivity contribution < 1.29 is 14.1 Å². The number of hydrogen-bond donors (Lipinski definition) is 1. The molecule has 35 heavy (non-hydrogen) atoms. The van der Waals surface area contributed by atoms with E-state index in [0.717, 1.165) is 22.4 Å². The Morgan fingerprint density at radius 3 is 2.54 bits per heavy atom. The topological polar surface area (TPSA) is 80.5 Å². The number of allylic oxidation sites excluding steroid dienone is 1. The van der Waals surface area contributed by atoms with Crippen LogP contribution in [0.25, 0.3) is 17.0 Å². The van der Waals surface area contributed by atoms with Crippen LogP contribution in [0.15, 0.2) is 83.0 Å². The Morgan fingerprint density at radius 2 is 1.80 bits per heavy atom. The number of ether oxygens (including phenoxy) is 1. The van der Waals surface area contributed by atoms with Gasteiger partial charge in [0.15, 0.2) is 0 Å². The van der Waals surface area contributed by atoms with Crippen molar-refractivity contribution in [2.45, 2.75) is 19.9 Å². The van der Waals surface area contributed by atoms with E-state index < -0.39 is 6.04 Å². The molecule has 2 amide bonds. The summed E-state index contributed by atoms with van der Waals surface area (Å²) in [4.78, 5) is 19.6. The SMILES string of the molecule is COc1cccc(C2NC(=O)N(c3ccc(C)cc3)C(C)=C2c2nc(-c3cccc(Cl)c3)no2)c1. The van der Waals surface area contributed by atoms with Gasteiger partial charge in [0.1, 0.15) is 5.75 Å². The summed E-state index contributed by atoms with van der Waals surface area (Å²) >= 11 is 6.16. The molecule has 0 aliphatic carbocycles. The zero-order chi connectivity index (χ0) is 24.5. The number of carbonyl (C=O) groups is 1. The van der Waals surface area contributed by atoms with Crippen LogP contribution < -0.4 is 15.0 Å². The van der Waals surface area contributed by atoms with Gasteiger partial charge in [0.2, 0.25) is 5.82 Å². The summed E-state index contributed by atoms with van der Waals surface area (Å²) in [5.41, 5.74) is 4.79. The summed E-state index contributed by atoms with van der Waals surface area (Å²) in [7, 11) is 1.61. The first-order valence-electron chi connectivity index (χ1n) is 11.1. The second-order valence-corrected chi connectivity index (χ2v) is 8.70. The van der Waals surface area contributed by atoms with Crippen molar-refractivity contribution in [3.8, 4) is 17.1 Å². The normalized spacial score (nSPS) is 15.8. The molecule has 2 heterocycles. The van der Waals surface area contributed by atoms with Crippen LogP contribution in [0.3, 0.4) is 0 Å². The third-order valence-corrected chi connectivity index (χ3v) is 6.18. The number of hydrogen-bond acceptors (Lipinski definition) is 5. The molecule has 1 N–H and O–H groups in total. The molecule has 0 spiro atoms. The van der Waals surface area contributed by atoms with Gasteiger partial charge in [0, 0.05) is 16.3 Å². The highest BCUT2D eigenvalue weighted by Crippen LogP contribution is 2.39. The molecule has 1 aromatic heterocycles. The lowest BCUT2D eigenvalue weighted by Crippen LogP contribution is -2.46. The van der Waals surface area contributed by atoms with E-state index in [1.165, 1.54) is 0 Å². The van der Waals surface area contributed by atoms with E-state index in [2.05, 4.69) is 15.5 Å². The molecule has 8 heteroatoms. The lowest BCUT2D eigenvalue weighted by atomic mass is 9.94. The van der Waals surface area contributed by atoms with Crippen molar-refractivity contribution in [2.75, 3.05) is 12.0 Å². The zero-order valence-corrected chi connectivity index (χ0v) is 20.2. The molecule has 5 rings (SSSR count). The number of benzene rings is 3. The summed E-state index contributed by atoms with van der Waals surface area (Å²) in [6, 6.07) is 21.8. The molecule has 1 unspecified atom stereocenters. The fraction of sp³-hybridized carbons (Fsp3) is 0.148. The van der Waals surface area contributed by atoms with Crippen molar-refractivity contribution in [3.63, 3.8) is 0 Å². The molecule has 1 atom stereocenters. The number of aryl methyl sites for hydroxylation is 1. The number of nitrogens with zero attached hydrogens (tertiary/aromatic N) is 3. The highest BCUT2D eigenvalue weighted by atomic mass is 35.5. The van der Waals surface area contributed by atoms with Crippen molar-refractivity contribution in [1.82, 2.24) is 15.5 Å². The van der Waals surface area contributed by atoms with E-state index in [9.17, 15) is 4.79 Å². The van der Waals surface area contributed by atoms with E-state index in [1.54, 1.807) is 24.1 Å². The smallest absolute Gasteiger partial charge is 0.326 e. The number of anilines is 1. The lowest BCUT2D eigenvalue weighted by Gasteiger charge is -2.35. The number of amides is 2. The Labute approximate surface area is 208 Å². The minimum Gasteiger partial charge on any atom is -0.497 e. The molecule has 0 saturated heterocycles. The van der Waals surface area contributed by atoms with E-state index in [1.807, 2.05) is 74.5 Å². The first-order valence-corrected chi connectivity index (χ1v) is 11.4. The quantitative estimate of drug-likeness (QED) is 0.352. The van der Waals surface area contributed by atoms with Crippen LogP contribution in [0.5, 0.6) is 5.75 Å². The van der Waals surface area contributed by atoms with Gasteiger partial charge in [0.25, 0.3) is 5.89 Å². The van der Waals surface area contributed by atoms with Crippen LogP contribution in [-0.4, -0.2) is 23.3 Å². The molecule has 0 fully saturated rings. The summed E-state index contributed by atoms with van der Waals surface area (Å²) in [6.45, 7) is 3.88. The second-order valence-electron chi connectivity index (χ2n) is 8.26. The maximum atomic E-state index is 13.3. The third kappa shape index (κ3) is 4.38. The fourth-order valence-electron chi connectivity index (χ4n) is 4.17. The van der Waals surface area contributed by atoms with Crippen molar-refractivity contribution in [2.24, 2.45) is 0 Å². The molecule has 1 aliphatic rings. The van der Waals surface area contributed by atoms with Crippen LogP contribution in [0.2, 0.25) is 5.02 Å². The monoisotopic (exact) mass is 486 g/mol. The maximum absolute atomic E-state index is 13.3. The zero-order valence-electron chi connectivity index (χ0n) is 19.4. The van der Waals surface area contributed by atoms with Crippen LogP contribution >= 0.6 is 11.6 Å². The standard InChI is InChI=1S/C27H23ClN4O3/c1-16-10-12-21(13-11-16)32-17(2)23(24(29-27(32)33)18-6-5-9-22(15-18)34-3)26-30-25(31-35-26)19-7-4-8-20(28)14-19/h4-15,24H,1-3H3,(H,29,33). The van der Waals surface area contributed by atoms with Gasteiger partial charge in [-0.05, 0) is 55.8 Å². The fourth-order valence-corrected chi connectivity index (χ4v) is 4.36. The summed E-state index contributed by atoms with van der Waals surface area (Å²) < 4.78 is 11.2. The lowest BCUT2D eigenvalue weighted by molar-refractivity contribution is 0.244. The van der Waals surface area contributed by atoms with Crippen LogP contribution in [0, 0.1) is 6.92 Å². The van der Waals surface area contributed by atoms with E-state index in [-0.39, 0.29) is 6.03 Å². The average Bonchev–Trinajstić information content (AvgIpc) is 3.35. The largest absolute Gasteiger partial charge is 0.497 e. The predicted octanol–water partition coefficient (Wildman–Crippen LogP) is 6.41. The minimum atomic E-state index is -0.521. The summed E-state index contributed by atoms with van der Waals surface area (Å²) in [6.07, 6.45) is 0. The predicted molar refractivity (Wildman–Crippen MR) is 135 cm³/mol. The number of rotatable bonds is 5. The Hall–Kier alpha value is -4.10. The number of halogens is 1. The first kappa shape index (κ1) is 22.7. The Bertz CT molecular complexity index is 1430. The number of nitrogens with one attached hydrogen (secondary N) is 1. The van der Waals surface area contributed by atoms with Crippen LogP contribution in [-0.2, 0) is 0 Å². The third-order valence-electron chi connectivity index (χ3n) is 5.94. The van der Waals surface area contributed by atoms with Gasteiger partial charge in [-0.15, -0.1) is 0 Å². The van der Waals surface area contributed by atoms with Gasteiger partial charge in [-0.1, -0.05) is 58.7 Å². The van der Waals surface area contributed by atoms with E-state index >= 15 is 0 Å². The average molecular weight is 487 g/mol. The van der Waals surface area contributed by atoms with Gasteiger partial charge in [-0.25, -0.2) is 4.79 Å². The van der Waals surface area contributed by atoms with Gasteiger partial charge in [0.05, 0.1) is 24.4 Å². The molecular formula is C27H23ClN4O3. The molecule has 0 bridgehead atoms. The number of methoxy groups -OCH3 is 1. The highest BCUT2D eigenvalue weighted by molar-refractivity contribution is 6.30. The summed E-state index contributed by atoms with van der Waals surface area (Å²) in [5.74, 6) is 1.40. The molecule has 1 aliphatic heterocycles. The second kappa shape index (κ2) is 9.27. The molecule has 0 saturated carbocycles. The van der Waals surface area contributed by atoms with Crippen LogP contribution in [0.4, 0.5) is 10.5 Å². The Balaban J connectivity index is 1.66. The Kier molecular flexibility index (Phi) is 6.01. The van der Waals surface area contributed by atoms with Gasteiger partial charge in [-0.2, -0.15) is 4.98 Å². The number of aromatic nitrogens is 2. The Morgan fingerprint density at radius 1 is 1.03 bits per heavy atom. The van der Waals surface area contributed by atoms with Gasteiger partial charge >= 0.3 is 6.03 Å². The summed E-state index contributed by atoms with van der Waals surface area (Å²) in [5, 5.41) is 7.88. The van der Waals surface area contributed by atoms with Crippen molar-refractivity contribution >= 4 is 28.9 Å². The maximum Gasteiger partial charge on any atom is 0.326 e. The minimum absolute atomic E-state index is 0.252. The highest BCUT2D eigenvalue weighted by Gasteiger charge is 2.36. The molecule has 4 aromatic rings. The van der Waals surface area contributed by atoms with E-state index in [4.69, 9.17) is 20.9 Å². The van der Waals surface area contributed by atoms with Gasteiger partial charge < -0.3 is 14.6 Å². The van der Waals surface area contributed by atoms with E-state index in [0.29, 0.717) is 33.8 Å². The number of urea groups is 1. The molecule has 3 aromatic carbocycles. The van der Waals surface area contributed by atoms with Crippen molar-refractivity contribution in [1.29, 1.82) is 0 Å². The first-order chi connectivity index (χ1) is 16.9. The van der Waals surface area contributed by atoms with Crippen molar-refractivity contribution in [3.05, 3.63) is 101 Å². The number of carbonyl (C=O) groups excluding carboxylic acids is 1.